The average molecular weight is 273 g/mol. The minimum absolute atomic E-state index is 0.130. The van der Waals surface area contributed by atoms with Crippen LogP contribution < -0.4 is 11.3 Å². The number of nitrogens with two attached hydrogens (primary N) is 1. The summed E-state index contributed by atoms with van der Waals surface area (Å²) in [6.45, 7) is 8.31. The molecule has 0 unspecified atom stereocenters. The highest BCUT2D eigenvalue weighted by molar-refractivity contribution is 5.48. The molecule has 0 fully saturated rings. The van der Waals surface area contributed by atoms with Crippen LogP contribution in [0.5, 0.6) is 0 Å². The van der Waals surface area contributed by atoms with E-state index >= 15 is 0 Å². The summed E-state index contributed by atoms with van der Waals surface area (Å²) in [6, 6.07) is 6.07. The standard InChI is InChI=1S/C16H23N3O/c1-10(2)8-14-15(17)16(20)19(18(14)5)13-7-6-11(3)9-12(13)4/h6-7,9-10H,8,17H2,1-5H3. The molecule has 0 aliphatic carbocycles. The van der Waals surface area contributed by atoms with Crippen LogP contribution in [-0.2, 0) is 13.5 Å². The largest absolute Gasteiger partial charge is 0.393 e. The number of hydrogen-bond donors (Lipinski definition) is 1. The van der Waals surface area contributed by atoms with E-state index in [1.165, 1.54) is 5.56 Å². The summed E-state index contributed by atoms with van der Waals surface area (Å²) in [5.41, 5.74) is 10.3. The normalized spacial score (nSPS) is 11.3. The zero-order chi connectivity index (χ0) is 15.0. The van der Waals surface area contributed by atoms with Crippen LogP contribution in [0.4, 0.5) is 5.69 Å². The van der Waals surface area contributed by atoms with Crippen LogP contribution in [0.15, 0.2) is 23.0 Å². The van der Waals surface area contributed by atoms with Crippen molar-refractivity contribution in [1.29, 1.82) is 0 Å². The second-order valence-corrected chi connectivity index (χ2v) is 5.89. The van der Waals surface area contributed by atoms with E-state index in [1.807, 2.05) is 37.7 Å². The fourth-order valence-electron chi connectivity index (χ4n) is 2.61. The fraction of sp³-hybridized carbons (Fsp3) is 0.438. The average Bonchev–Trinajstić information content (AvgIpc) is 2.55. The van der Waals surface area contributed by atoms with Gasteiger partial charge in [0.1, 0.15) is 5.69 Å². The van der Waals surface area contributed by atoms with Crippen LogP contribution >= 0.6 is 0 Å². The van der Waals surface area contributed by atoms with Crippen LogP contribution in [0, 0.1) is 19.8 Å². The van der Waals surface area contributed by atoms with E-state index in [0.29, 0.717) is 11.6 Å². The predicted molar refractivity (Wildman–Crippen MR) is 83.4 cm³/mol. The fourth-order valence-corrected chi connectivity index (χ4v) is 2.61. The molecule has 0 saturated carbocycles. The monoisotopic (exact) mass is 273 g/mol. The number of nitrogen functional groups attached to an aromatic ring is 1. The van der Waals surface area contributed by atoms with Gasteiger partial charge in [-0.2, -0.15) is 0 Å². The zero-order valence-corrected chi connectivity index (χ0v) is 12.9. The number of benzene rings is 1. The summed E-state index contributed by atoms with van der Waals surface area (Å²) >= 11 is 0. The molecule has 0 amide bonds. The van der Waals surface area contributed by atoms with E-state index in [9.17, 15) is 4.79 Å². The van der Waals surface area contributed by atoms with Gasteiger partial charge in [-0.1, -0.05) is 31.5 Å². The van der Waals surface area contributed by atoms with Crippen molar-refractivity contribution in [3.8, 4) is 5.69 Å². The van der Waals surface area contributed by atoms with Gasteiger partial charge in [0.05, 0.1) is 11.4 Å². The molecule has 108 valence electrons. The molecule has 0 aliphatic heterocycles. The maximum atomic E-state index is 12.4. The van der Waals surface area contributed by atoms with Gasteiger partial charge in [0.25, 0.3) is 5.56 Å². The van der Waals surface area contributed by atoms with Crippen molar-refractivity contribution in [3.05, 3.63) is 45.4 Å². The van der Waals surface area contributed by atoms with Crippen LogP contribution in [0.2, 0.25) is 0 Å². The Kier molecular flexibility index (Phi) is 3.75. The third-order valence-corrected chi connectivity index (χ3v) is 3.61. The number of aryl methyl sites for hydroxylation is 2. The number of anilines is 1. The minimum Gasteiger partial charge on any atom is -0.393 e. The molecule has 2 aromatic rings. The highest BCUT2D eigenvalue weighted by Gasteiger charge is 2.18. The van der Waals surface area contributed by atoms with Gasteiger partial charge in [0, 0.05) is 7.05 Å². The Morgan fingerprint density at radius 3 is 2.45 bits per heavy atom. The van der Waals surface area contributed by atoms with Gasteiger partial charge in [-0.15, -0.1) is 0 Å². The van der Waals surface area contributed by atoms with Crippen molar-refractivity contribution in [1.82, 2.24) is 9.36 Å². The van der Waals surface area contributed by atoms with E-state index in [1.54, 1.807) is 4.68 Å². The maximum absolute atomic E-state index is 12.4. The lowest BCUT2D eigenvalue weighted by Crippen LogP contribution is -2.21. The van der Waals surface area contributed by atoms with Gasteiger partial charge >= 0.3 is 0 Å². The molecule has 0 aliphatic rings. The van der Waals surface area contributed by atoms with E-state index in [-0.39, 0.29) is 5.56 Å². The third-order valence-electron chi connectivity index (χ3n) is 3.61. The highest BCUT2D eigenvalue weighted by atomic mass is 16.1. The molecule has 1 aromatic heterocycles. The summed E-state index contributed by atoms with van der Waals surface area (Å²) in [6.07, 6.45) is 0.801. The van der Waals surface area contributed by atoms with Gasteiger partial charge in [0.15, 0.2) is 0 Å². The molecular weight excluding hydrogens is 250 g/mol. The molecule has 0 atom stereocenters. The number of hydrogen-bond acceptors (Lipinski definition) is 2. The molecule has 1 aromatic carbocycles. The van der Waals surface area contributed by atoms with Crippen molar-refractivity contribution < 1.29 is 0 Å². The summed E-state index contributed by atoms with van der Waals surface area (Å²) in [5, 5.41) is 0. The van der Waals surface area contributed by atoms with Crippen LogP contribution in [-0.4, -0.2) is 9.36 Å². The van der Waals surface area contributed by atoms with Crippen molar-refractivity contribution >= 4 is 5.69 Å². The van der Waals surface area contributed by atoms with Crippen LogP contribution in [0.1, 0.15) is 30.7 Å². The Morgan fingerprint density at radius 2 is 1.90 bits per heavy atom. The molecule has 2 rings (SSSR count). The first-order valence-electron chi connectivity index (χ1n) is 6.97. The Morgan fingerprint density at radius 1 is 1.25 bits per heavy atom. The quantitative estimate of drug-likeness (QED) is 0.934. The summed E-state index contributed by atoms with van der Waals surface area (Å²) in [7, 11) is 1.90. The molecule has 0 saturated heterocycles. The molecule has 1 heterocycles. The highest BCUT2D eigenvalue weighted by Crippen LogP contribution is 2.19. The van der Waals surface area contributed by atoms with Crippen molar-refractivity contribution in [2.75, 3.05) is 5.73 Å². The smallest absolute Gasteiger partial charge is 0.294 e. The second-order valence-electron chi connectivity index (χ2n) is 5.89. The number of aromatic nitrogens is 2. The lowest BCUT2D eigenvalue weighted by molar-refractivity contribution is 0.562. The Balaban J connectivity index is 2.66. The van der Waals surface area contributed by atoms with Gasteiger partial charge in [-0.05, 0) is 37.8 Å². The number of rotatable bonds is 3. The summed E-state index contributed by atoms with van der Waals surface area (Å²) in [4.78, 5) is 12.4. The molecular formula is C16H23N3O. The second kappa shape index (κ2) is 5.19. The summed E-state index contributed by atoms with van der Waals surface area (Å²) < 4.78 is 3.55. The summed E-state index contributed by atoms with van der Waals surface area (Å²) in [5.74, 6) is 0.456. The third kappa shape index (κ3) is 2.38. The van der Waals surface area contributed by atoms with Gasteiger partial charge in [-0.3, -0.25) is 9.48 Å². The lowest BCUT2D eigenvalue weighted by Gasteiger charge is -2.13. The first kappa shape index (κ1) is 14.4. The molecule has 0 spiro atoms. The van der Waals surface area contributed by atoms with Crippen LogP contribution in [0.25, 0.3) is 5.69 Å². The molecule has 0 bridgehead atoms. The van der Waals surface area contributed by atoms with Crippen LogP contribution in [0.3, 0.4) is 0 Å². The van der Waals surface area contributed by atoms with Gasteiger partial charge in [0.2, 0.25) is 0 Å². The molecule has 4 heteroatoms. The molecule has 4 nitrogen and oxygen atoms in total. The Bertz CT molecular complexity index is 692. The topological polar surface area (TPSA) is 52.9 Å². The van der Waals surface area contributed by atoms with Crippen molar-refractivity contribution in [2.45, 2.75) is 34.1 Å². The van der Waals surface area contributed by atoms with E-state index < -0.39 is 0 Å². The zero-order valence-electron chi connectivity index (χ0n) is 12.9. The molecule has 2 N–H and O–H groups in total. The SMILES string of the molecule is Cc1ccc(-n2c(=O)c(N)c(CC(C)C)n2C)c(C)c1. The van der Waals surface area contributed by atoms with Gasteiger partial charge in [-0.25, -0.2) is 4.68 Å². The first-order chi connectivity index (χ1) is 9.32. The minimum atomic E-state index is -0.130. The molecule has 0 radical (unpaired) electrons. The number of nitrogens with zero attached hydrogens (tertiary/aromatic N) is 2. The lowest BCUT2D eigenvalue weighted by atomic mass is 10.1. The van der Waals surface area contributed by atoms with Crippen molar-refractivity contribution in [3.63, 3.8) is 0 Å². The molecule has 20 heavy (non-hydrogen) atoms. The van der Waals surface area contributed by atoms with E-state index in [0.717, 1.165) is 23.4 Å². The van der Waals surface area contributed by atoms with E-state index in [4.69, 9.17) is 5.73 Å². The van der Waals surface area contributed by atoms with Crippen molar-refractivity contribution in [2.24, 2.45) is 13.0 Å². The first-order valence-corrected chi connectivity index (χ1v) is 6.97. The maximum Gasteiger partial charge on any atom is 0.294 e. The Hall–Kier alpha value is -1.97. The Labute approximate surface area is 119 Å². The van der Waals surface area contributed by atoms with Gasteiger partial charge < -0.3 is 5.73 Å². The predicted octanol–water partition coefficient (Wildman–Crippen LogP) is 2.57. The van der Waals surface area contributed by atoms with E-state index in [2.05, 4.69) is 19.9 Å².